The maximum absolute atomic E-state index is 12.4. The van der Waals surface area contributed by atoms with Crippen LogP contribution in [0.1, 0.15) is 56.2 Å². The van der Waals surface area contributed by atoms with E-state index in [0.29, 0.717) is 6.42 Å². The molecule has 2 aliphatic carbocycles. The first-order chi connectivity index (χ1) is 13.1. The first-order valence-electron chi connectivity index (χ1n) is 10.2. The van der Waals surface area contributed by atoms with Gasteiger partial charge >= 0.3 is 5.97 Å². The van der Waals surface area contributed by atoms with Gasteiger partial charge in [0.05, 0.1) is 0 Å². The number of aromatic nitrogens is 1. The second-order valence-corrected chi connectivity index (χ2v) is 8.12. The molecule has 0 bridgehead atoms. The predicted octanol–water partition coefficient (Wildman–Crippen LogP) is 3.67. The molecule has 1 heterocycles. The highest BCUT2D eigenvalue weighted by Gasteiger charge is 2.27. The van der Waals surface area contributed by atoms with Gasteiger partial charge in [0.1, 0.15) is 6.54 Å². The minimum Gasteiger partial charge on any atom is -0.480 e. The van der Waals surface area contributed by atoms with Gasteiger partial charge in [-0.25, -0.2) is 0 Å². The Morgan fingerprint density at radius 2 is 1.93 bits per heavy atom. The van der Waals surface area contributed by atoms with Crippen molar-refractivity contribution in [3.05, 3.63) is 35.5 Å². The van der Waals surface area contributed by atoms with Crippen molar-refractivity contribution >= 4 is 22.8 Å². The smallest absolute Gasteiger partial charge is 0.323 e. The predicted molar refractivity (Wildman–Crippen MR) is 105 cm³/mol. The number of carbonyl (C=O) groups is 2. The van der Waals surface area contributed by atoms with Crippen LogP contribution in [0.4, 0.5) is 0 Å². The van der Waals surface area contributed by atoms with Crippen LogP contribution in [0.25, 0.3) is 10.9 Å². The number of rotatable bonds is 6. The fourth-order valence-electron chi connectivity index (χ4n) is 4.97. The van der Waals surface area contributed by atoms with E-state index < -0.39 is 5.97 Å². The minimum absolute atomic E-state index is 0.00569. The molecule has 1 aromatic heterocycles. The Labute approximate surface area is 159 Å². The van der Waals surface area contributed by atoms with E-state index in [1.807, 2.05) is 22.8 Å². The fraction of sp³-hybridized carbons (Fsp3) is 0.545. The number of hydrogen-bond acceptors (Lipinski definition) is 2. The average Bonchev–Trinajstić information content (AvgIpc) is 3.27. The summed E-state index contributed by atoms with van der Waals surface area (Å²) in [6.07, 6.45) is 9.32. The zero-order chi connectivity index (χ0) is 18.8. The normalized spacial score (nSPS) is 19.9. The lowest BCUT2D eigenvalue weighted by Crippen LogP contribution is -2.39. The molecular formula is C22H28N2O3. The minimum atomic E-state index is -0.819. The maximum Gasteiger partial charge on any atom is 0.323 e. The quantitative estimate of drug-likeness (QED) is 0.817. The molecule has 1 amide bonds. The van der Waals surface area contributed by atoms with E-state index >= 15 is 0 Å². The molecule has 5 heteroatoms. The standard InChI is InChI=1S/C22H28N2O3/c25-21(12-9-15-5-1-2-6-15)23-16-10-11-20-18(13-16)17-7-3-4-8-19(17)24(20)14-22(26)27/h3-4,7-8,15-16H,1-2,5-6,9-14H2,(H,23,25)(H,26,27). The lowest BCUT2D eigenvalue weighted by molar-refractivity contribution is -0.137. The SMILES string of the molecule is O=C(O)Cn1c2c(c3ccccc31)CC(NC(=O)CCC1CCCC1)CC2. The molecule has 1 unspecified atom stereocenters. The zero-order valence-corrected chi connectivity index (χ0v) is 15.7. The molecule has 2 aliphatic rings. The molecule has 144 valence electrons. The van der Waals surface area contributed by atoms with Crippen LogP contribution in [0.3, 0.4) is 0 Å². The van der Waals surface area contributed by atoms with Crippen LogP contribution in [0.5, 0.6) is 0 Å². The molecule has 2 N–H and O–H groups in total. The summed E-state index contributed by atoms with van der Waals surface area (Å²) in [7, 11) is 0. The van der Waals surface area contributed by atoms with Crippen molar-refractivity contribution in [2.45, 2.75) is 70.4 Å². The van der Waals surface area contributed by atoms with Gasteiger partial charge in [0.2, 0.25) is 5.91 Å². The third-order valence-electron chi connectivity index (χ3n) is 6.29. The maximum atomic E-state index is 12.4. The summed E-state index contributed by atoms with van der Waals surface area (Å²) < 4.78 is 1.94. The van der Waals surface area contributed by atoms with Gasteiger partial charge in [-0.15, -0.1) is 0 Å². The fourth-order valence-corrected chi connectivity index (χ4v) is 4.97. The molecule has 4 rings (SSSR count). The van der Waals surface area contributed by atoms with Crippen molar-refractivity contribution < 1.29 is 14.7 Å². The molecule has 0 saturated heterocycles. The third kappa shape index (κ3) is 3.87. The van der Waals surface area contributed by atoms with E-state index in [1.165, 1.54) is 31.2 Å². The highest BCUT2D eigenvalue weighted by molar-refractivity contribution is 5.87. The molecule has 27 heavy (non-hydrogen) atoms. The lowest BCUT2D eigenvalue weighted by Gasteiger charge is -2.25. The molecule has 0 aliphatic heterocycles. The van der Waals surface area contributed by atoms with Crippen LogP contribution in [0.2, 0.25) is 0 Å². The van der Waals surface area contributed by atoms with E-state index in [0.717, 1.165) is 48.2 Å². The van der Waals surface area contributed by atoms with Gasteiger partial charge in [-0.3, -0.25) is 9.59 Å². The molecule has 1 fully saturated rings. The van der Waals surface area contributed by atoms with Crippen molar-refractivity contribution in [1.29, 1.82) is 0 Å². The van der Waals surface area contributed by atoms with E-state index in [2.05, 4.69) is 11.4 Å². The van der Waals surface area contributed by atoms with Crippen molar-refractivity contribution in [3.63, 3.8) is 0 Å². The first kappa shape index (κ1) is 18.1. The van der Waals surface area contributed by atoms with E-state index in [9.17, 15) is 14.7 Å². The molecule has 0 radical (unpaired) electrons. The largest absolute Gasteiger partial charge is 0.480 e. The Balaban J connectivity index is 1.46. The topological polar surface area (TPSA) is 71.3 Å². The van der Waals surface area contributed by atoms with Crippen molar-refractivity contribution in [2.24, 2.45) is 5.92 Å². The Morgan fingerprint density at radius 1 is 1.15 bits per heavy atom. The second-order valence-electron chi connectivity index (χ2n) is 8.12. The van der Waals surface area contributed by atoms with Gasteiger partial charge in [0.15, 0.2) is 0 Å². The molecule has 1 saturated carbocycles. The third-order valence-corrected chi connectivity index (χ3v) is 6.29. The molecule has 5 nitrogen and oxygen atoms in total. The molecule has 2 aromatic rings. The Hall–Kier alpha value is -2.30. The van der Waals surface area contributed by atoms with Crippen LogP contribution >= 0.6 is 0 Å². The Bertz CT molecular complexity index is 849. The van der Waals surface area contributed by atoms with Crippen LogP contribution < -0.4 is 5.32 Å². The van der Waals surface area contributed by atoms with Gasteiger partial charge in [-0.05, 0) is 43.2 Å². The number of carboxylic acid groups (broad SMARTS) is 1. The van der Waals surface area contributed by atoms with E-state index in [4.69, 9.17) is 0 Å². The number of carbonyl (C=O) groups excluding carboxylic acids is 1. The number of para-hydroxylation sites is 1. The second kappa shape index (κ2) is 7.75. The number of hydrogen-bond donors (Lipinski definition) is 2. The highest BCUT2D eigenvalue weighted by Crippen LogP contribution is 2.32. The monoisotopic (exact) mass is 368 g/mol. The van der Waals surface area contributed by atoms with E-state index in [1.54, 1.807) is 0 Å². The number of amides is 1. The van der Waals surface area contributed by atoms with Crippen molar-refractivity contribution in [2.75, 3.05) is 0 Å². The van der Waals surface area contributed by atoms with Gasteiger partial charge in [0, 0.05) is 29.1 Å². The lowest BCUT2D eigenvalue weighted by atomic mass is 9.91. The summed E-state index contributed by atoms with van der Waals surface area (Å²) in [5.74, 6) is 0.0909. The van der Waals surface area contributed by atoms with Gasteiger partial charge < -0.3 is 15.0 Å². The summed E-state index contributed by atoms with van der Waals surface area (Å²) in [5, 5.41) is 13.6. The number of carboxylic acids is 1. The molecule has 0 spiro atoms. The van der Waals surface area contributed by atoms with Crippen LogP contribution in [-0.2, 0) is 29.0 Å². The number of aliphatic carboxylic acids is 1. The van der Waals surface area contributed by atoms with Crippen LogP contribution in [0, 0.1) is 5.92 Å². The Kier molecular flexibility index (Phi) is 5.19. The van der Waals surface area contributed by atoms with Crippen LogP contribution in [0.15, 0.2) is 24.3 Å². The summed E-state index contributed by atoms with van der Waals surface area (Å²) in [4.78, 5) is 23.7. The highest BCUT2D eigenvalue weighted by atomic mass is 16.4. The van der Waals surface area contributed by atoms with Gasteiger partial charge in [0.25, 0.3) is 0 Å². The number of fused-ring (bicyclic) bond motifs is 3. The summed E-state index contributed by atoms with van der Waals surface area (Å²) in [5.41, 5.74) is 3.31. The van der Waals surface area contributed by atoms with Gasteiger partial charge in [-0.1, -0.05) is 43.9 Å². The average molecular weight is 368 g/mol. The number of benzene rings is 1. The molecule has 1 atom stereocenters. The number of nitrogens with one attached hydrogen (secondary N) is 1. The van der Waals surface area contributed by atoms with Crippen LogP contribution in [-0.4, -0.2) is 27.6 Å². The van der Waals surface area contributed by atoms with Crippen molar-refractivity contribution in [1.82, 2.24) is 9.88 Å². The molecule has 1 aromatic carbocycles. The summed E-state index contributed by atoms with van der Waals surface area (Å²) in [6.45, 7) is -0.00569. The molecular weight excluding hydrogens is 340 g/mol. The Morgan fingerprint density at radius 3 is 2.70 bits per heavy atom. The summed E-state index contributed by atoms with van der Waals surface area (Å²) >= 11 is 0. The first-order valence-corrected chi connectivity index (χ1v) is 10.2. The van der Waals surface area contributed by atoms with E-state index in [-0.39, 0.29) is 18.5 Å². The summed E-state index contributed by atoms with van der Waals surface area (Å²) in [6, 6.07) is 8.16. The van der Waals surface area contributed by atoms with Gasteiger partial charge in [-0.2, -0.15) is 0 Å². The number of nitrogens with zero attached hydrogens (tertiary/aromatic N) is 1. The zero-order valence-electron chi connectivity index (χ0n) is 15.7. The van der Waals surface area contributed by atoms with Crippen molar-refractivity contribution in [3.8, 4) is 0 Å².